The minimum atomic E-state index is -0.877. The summed E-state index contributed by atoms with van der Waals surface area (Å²) in [4.78, 5) is 12.5. The first-order chi connectivity index (χ1) is 14.0. The average molecular weight is 405 g/mol. The molecule has 0 unspecified atom stereocenters. The number of fused-ring (bicyclic) bond motifs is 1. The van der Waals surface area contributed by atoms with Gasteiger partial charge in [0.2, 0.25) is 6.79 Å². The summed E-state index contributed by atoms with van der Waals surface area (Å²) < 4.78 is 26.6. The molecule has 29 heavy (non-hydrogen) atoms. The summed E-state index contributed by atoms with van der Waals surface area (Å²) in [5.74, 6) is 1.30. The SMILES string of the molecule is COc1ccc([C@H](OC(=O)Nc2ccc3c(c2)OCO3)[C@H](CCO)OC)cc1O. The molecule has 9 nitrogen and oxygen atoms in total. The molecule has 0 fully saturated rings. The van der Waals surface area contributed by atoms with Crippen molar-refractivity contribution >= 4 is 11.8 Å². The molecule has 0 saturated carbocycles. The van der Waals surface area contributed by atoms with E-state index in [-0.39, 0.29) is 31.3 Å². The highest BCUT2D eigenvalue weighted by atomic mass is 16.7. The Morgan fingerprint density at radius 1 is 1.17 bits per heavy atom. The van der Waals surface area contributed by atoms with Crippen molar-refractivity contribution in [1.82, 2.24) is 0 Å². The number of ether oxygens (including phenoxy) is 5. The fourth-order valence-corrected chi connectivity index (χ4v) is 3.00. The van der Waals surface area contributed by atoms with Crippen LogP contribution in [0.1, 0.15) is 18.1 Å². The number of anilines is 1. The summed E-state index contributed by atoms with van der Waals surface area (Å²) in [5, 5.41) is 22.0. The molecule has 3 rings (SSSR count). The van der Waals surface area contributed by atoms with Crippen LogP contribution in [0.15, 0.2) is 36.4 Å². The third-order valence-corrected chi connectivity index (χ3v) is 4.44. The molecule has 9 heteroatoms. The lowest BCUT2D eigenvalue weighted by Crippen LogP contribution is -2.28. The molecule has 0 aromatic heterocycles. The van der Waals surface area contributed by atoms with Gasteiger partial charge in [-0.2, -0.15) is 0 Å². The molecule has 1 amide bonds. The first kappa shape index (κ1) is 20.6. The standard InChI is InChI=1S/C20H23NO8/c1-25-15-5-3-12(9-14(15)23)19(17(26-2)7-8-22)29-20(24)21-13-4-6-16-18(10-13)28-11-27-16/h3-6,9-10,17,19,22-23H,7-8,11H2,1-2H3,(H,21,24)/t17-,19-/m0/s1. The lowest BCUT2D eigenvalue weighted by molar-refractivity contribution is -0.0306. The third kappa shape index (κ3) is 4.82. The van der Waals surface area contributed by atoms with Gasteiger partial charge >= 0.3 is 6.09 Å². The number of phenolic OH excluding ortho intramolecular Hbond substituents is 1. The number of rotatable bonds is 8. The minimum absolute atomic E-state index is 0.103. The molecular formula is C20H23NO8. The maximum absolute atomic E-state index is 12.5. The number of carbonyl (C=O) groups excluding carboxylic acids is 1. The van der Waals surface area contributed by atoms with Gasteiger partial charge in [0.05, 0.1) is 7.11 Å². The lowest BCUT2D eigenvalue weighted by atomic mass is 10.0. The van der Waals surface area contributed by atoms with Gasteiger partial charge in [-0.05, 0) is 29.8 Å². The number of carbonyl (C=O) groups is 1. The number of amides is 1. The van der Waals surface area contributed by atoms with Gasteiger partial charge in [-0.1, -0.05) is 6.07 Å². The summed E-state index contributed by atoms with van der Waals surface area (Å²) in [6.07, 6.45) is -2.01. The second-order valence-corrected chi connectivity index (χ2v) is 6.24. The van der Waals surface area contributed by atoms with Gasteiger partial charge in [0.25, 0.3) is 0 Å². The fraction of sp³-hybridized carbons (Fsp3) is 0.350. The van der Waals surface area contributed by atoms with Crippen molar-refractivity contribution in [1.29, 1.82) is 0 Å². The molecule has 0 saturated heterocycles. The van der Waals surface area contributed by atoms with Crippen molar-refractivity contribution in [3.05, 3.63) is 42.0 Å². The molecule has 0 bridgehead atoms. The second-order valence-electron chi connectivity index (χ2n) is 6.24. The Bertz CT molecular complexity index is 856. The van der Waals surface area contributed by atoms with Crippen LogP contribution in [-0.4, -0.2) is 50.0 Å². The molecule has 0 spiro atoms. The van der Waals surface area contributed by atoms with Crippen LogP contribution in [0.2, 0.25) is 0 Å². The number of aliphatic hydroxyl groups is 1. The van der Waals surface area contributed by atoms with Crippen molar-refractivity contribution in [3.8, 4) is 23.0 Å². The number of hydrogen-bond donors (Lipinski definition) is 3. The zero-order valence-electron chi connectivity index (χ0n) is 16.1. The minimum Gasteiger partial charge on any atom is -0.504 e. The predicted octanol–water partition coefficient (Wildman–Crippen LogP) is 2.82. The second kappa shape index (κ2) is 9.35. The summed E-state index contributed by atoms with van der Waals surface area (Å²) in [5.41, 5.74) is 0.955. The number of phenols is 1. The zero-order chi connectivity index (χ0) is 20.8. The van der Waals surface area contributed by atoms with Gasteiger partial charge in [-0.3, -0.25) is 5.32 Å². The highest BCUT2D eigenvalue weighted by Crippen LogP contribution is 2.35. The predicted molar refractivity (Wildman–Crippen MR) is 103 cm³/mol. The molecule has 1 aliphatic heterocycles. The largest absolute Gasteiger partial charge is 0.504 e. The van der Waals surface area contributed by atoms with Gasteiger partial charge < -0.3 is 33.9 Å². The molecule has 3 N–H and O–H groups in total. The zero-order valence-corrected chi connectivity index (χ0v) is 16.1. The van der Waals surface area contributed by atoms with Crippen LogP contribution in [0.5, 0.6) is 23.0 Å². The highest BCUT2D eigenvalue weighted by molar-refractivity contribution is 5.85. The maximum atomic E-state index is 12.5. The van der Waals surface area contributed by atoms with E-state index in [0.717, 1.165) is 0 Å². The monoisotopic (exact) mass is 405 g/mol. The van der Waals surface area contributed by atoms with Gasteiger partial charge in [-0.15, -0.1) is 0 Å². The Balaban J connectivity index is 1.78. The van der Waals surface area contributed by atoms with Crippen molar-refractivity contribution in [2.45, 2.75) is 18.6 Å². The molecule has 0 radical (unpaired) electrons. The van der Waals surface area contributed by atoms with Crippen LogP contribution in [0.25, 0.3) is 0 Å². The van der Waals surface area contributed by atoms with Crippen molar-refractivity contribution < 1.29 is 38.7 Å². The smallest absolute Gasteiger partial charge is 0.412 e. The van der Waals surface area contributed by atoms with E-state index in [1.165, 1.54) is 20.3 Å². The van der Waals surface area contributed by atoms with E-state index in [1.54, 1.807) is 30.3 Å². The fourth-order valence-electron chi connectivity index (χ4n) is 3.00. The quantitative estimate of drug-likeness (QED) is 0.614. The van der Waals surface area contributed by atoms with E-state index in [2.05, 4.69) is 5.32 Å². The molecule has 0 aliphatic carbocycles. The van der Waals surface area contributed by atoms with Crippen molar-refractivity contribution in [3.63, 3.8) is 0 Å². The summed E-state index contributed by atoms with van der Waals surface area (Å²) in [7, 11) is 2.89. The van der Waals surface area contributed by atoms with Gasteiger partial charge in [0, 0.05) is 31.9 Å². The van der Waals surface area contributed by atoms with Crippen molar-refractivity contribution in [2.24, 2.45) is 0 Å². The van der Waals surface area contributed by atoms with Gasteiger partial charge in [-0.25, -0.2) is 4.79 Å². The Kier molecular flexibility index (Phi) is 6.63. The Labute approximate surface area is 167 Å². The van der Waals surface area contributed by atoms with E-state index >= 15 is 0 Å². The molecule has 2 atom stereocenters. The average Bonchev–Trinajstić information content (AvgIpc) is 3.18. The molecule has 1 aliphatic rings. The van der Waals surface area contributed by atoms with Crippen LogP contribution in [-0.2, 0) is 9.47 Å². The summed E-state index contributed by atoms with van der Waals surface area (Å²) in [6, 6.07) is 9.61. The maximum Gasteiger partial charge on any atom is 0.412 e. The topological polar surface area (TPSA) is 116 Å². The van der Waals surface area contributed by atoms with Crippen LogP contribution >= 0.6 is 0 Å². The Hall–Kier alpha value is -3.17. The molecule has 156 valence electrons. The van der Waals surface area contributed by atoms with Crippen LogP contribution in [0, 0.1) is 0 Å². The summed E-state index contributed by atoms with van der Waals surface area (Å²) >= 11 is 0. The molecule has 2 aromatic rings. The molecular weight excluding hydrogens is 382 g/mol. The van der Waals surface area contributed by atoms with Crippen LogP contribution in [0.3, 0.4) is 0 Å². The first-order valence-electron chi connectivity index (χ1n) is 8.93. The van der Waals surface area contributed by atoms with E-state index in [1.807, 2.05) is 0 Å². The Morgan fingerprint density at radius 2 is 1.97 bits per heavy atom. The molecule has 1 heterocycles. The van der Waals surface area contributed by atoms with Crippen LogP contribution in [0.4, 0.5) is 10.5 Å². The number of benzene rings is 2. The summed E-state index contributed by atoms with van der Waals surface area (Å²) in [6.45, 7) is -0.0345. The van der Waals surface area contributed by atoms with Gasteiger partial charge in [0.15, 0.2) is 29.1 Å². The number of hydrogen-bond acceptors (Lipinski definition) is 8. The third-order valence-electron chi connectivity index (χ3n) is 4.44. The number of nitrogens with one attached hydrogen (secondary N) is 1. The van der Waals surface area contributed by atoms with E-state index < -0.39 is 18.3 Å². The van der Waals surface area contributed by atoms with Crippen molar-refractivity contribution in [2.75, 3.05) is 32.9 Å². The van der Waals surface area contributed by atoms with Crippen LogP contribution < -0.4 is 19.5 Å². The Morgan fingerprint density at radius 3 is 2.66 bits per heavy atom. The van der Waals surface area contributed by atoms with E-state index in [9.17, 15) is 15.0 Å². The number of methoxy groups -OCH3 is 2. The van der Waals surface area contributed by atoms with E-state index in [4.69, 9.17) is 23.7 Å². The first-order valence-corrected chi connectivity index (χ1v) is 8.93. The highest BCUT2D eigenvalue weighted by Gasteiger charge is 2.28. The number of aliphatic hydroxyl groups excluding tert-OH is 1. The lowest BCUT2D eigenvalue weighted by Gasteiger charge is -2.26. The van der Waals surface area contributed by atoms with E-state index in [0.29, 0.717) is 22.7 Å². The molecule has 2 aromatic carbocycles. The number of aromatic hydroxyl groups is 1. The normalized spacial score (nSPS) is 14.2. The van der Waals surface area contributed by atoms with Gasteiger partial charge in [0.1, 0.15) is 6.10 Å².